The molecule has 1 saturated heterocycles. The summed E-state index contributed by atoms with van der Waals surface area (Å²) in [5.74, 6) is 0.961. The van der Waals surface area contributed by atoms with E-state index in [4.69, 9.17) is 11.1 Å². The van der Waals surface area contributed by atoms with Gasteiger partial charge in [0.15, 0.2) is 0 Å². The van der Waals surface area contributed by atoms with Crippen LogP contribution < -0.4 is 10.6 Å². The third-order valence-corrected chi connectivity index (χ3v) is 3.75. The third-order valence-electron chi connectivity index (χ3n) is 3.75. The first kappa shape index (κ1) is 11.5. The van der Waals surface area contributed by atoms with Crippen LogP contribution in [0.15, 0.2) is 18.3 Å². The number of nitrogens with zero attached hydrogens (tertiary/aromatic N) is 3. The Balaban J connectivity index is 1.73. The molecule has 0 aromatic carbocycles. The number of piperazine rings is 1. The monoisotopic (exact) mass is 245 g/mol. The lowest BCUT2D eigenvalue weighted by Gasteiger charge is -2.36. The molecule has 1 aromatic heterocycles. The van der Waals surface area contributed by atoms with Gasteiger partial charge in [-0.1, -0.05) is 0 Å². The van der Waals surface area contributed by atoms with Crippen LogP contribution in [0.5, 0.6) is 0 Å². The largest absolute Gasteiger partial charge is 0.384 e. The lowest BCUT2D eigenvalue weighted by Crippen LogP contribution is -2.48. The molecule has 2 aliphatic rings. The fraction of sp³-hybridized carbons (Fsp3) is 0.538. The van der Waals surface area contributed by atoms with Crippen LogP contribution in [-0.2, 0) is 0 Å². The maximum absolute atomic E-state index is 7.61. The van der Waals surface area contributed by atoms with Gasteiger partial charge in [-0.25, -0.2) is 4.98 Å². The topological polar surface area (TPSA) is 69.2 Å². The summed E-state index contributed by atoms with van der Waals surface area (Å²) in [6.45, 7) is 4.15. The van der Waals surface area contributed by atoms with E-state index < -0.39 is 0 Å². The van der Waals surface area contributed by atoms with Gasteiger partial charge in [-0.05, 0) is 25.0 Å². The normalized spacial score (nSPS) is 21.0. The van der Waals surface area contributed by atoms with E-state index in [1.807, 2.05) is 12.1 Å². The van der Waals surface area contributed by atoms with Crippen molar-refractivity contribution in [2.45, 2.75) is 18.9 Å². The second-order valence-electron chi connectivity index (χ2n) is 5.04. The molecule has 5 nitrogen and oxygen atoms in total. The lowest BCUT2D eigenvalue weighted by atomic mass is 10.2. The fourth-order valence-corrected chi connectivity index (χ4v) is 2.60. The number of nitrogens with two attached hydrogens (primary N) is 1. The quantitative estimate of drug-likeness (QED) is 0.606. The molecule has 0 radical (unpaired) electrons. The van der Waals surface area contributed by atoms with Crippen LogP contribution in [0.3, 0.4) is 0 Å². The molecule has 3 rings (SSSR count). The highest BCUT2D eigenvalue weighted by atomic mass is 15.3. The van der Waals surface area contributed by atoms with Gasteiger partial charge < -0.3 is 10.6 Å². The molecule has 2 fully saturated rings. The average molecular weight is 245 g/mol. The standard InChI is InChI=1S/C13H19N5/c14-12(15)11-2-1-5-16-13(11)18-8-6-17(7-9-18)10-3-4-10/h1-2,5,10H,3-4,6-9H2,(H3,14,15). The zero-order valence-electron chi connectivity index (χ0n) is 10.5. The molecule has 0 atom stereocenters. The van der Waals surface area contributed by atoms with Gasteiger partial charge in [-0.3, -0.25) is 10.3 Å². The second kappa shape index (κ2) is 4.57. The summed E-state index contributed by atoms with van der Waals surface area (Å²) in [6, 6.07) is 4.54. The first-order chi connectivity index (χ1) is 8.75. The van der Waals surface area contributed by atoms with Crippen LogP contribution in [0.4, 0.5) is 5.82 Å². The number of anilines is 1. The minimum Gasteiger partial charge on any atom is -0.384 e. The molecule has 1 aromatic rings. The Morgan fingerprint density at radius 3 is 2.61 bits per heavy atom. The molecule has 0 spiro atoms. The Bertz CT molecular complexity index is 446. The number of pyridine rings is 1. The van der Waals surface area contributed by atoms with Gasteiger partial charge in [0.1, 0.15) is 11.7 Å². The number of nitrogens with one attached hydrogen (secondary N) is 1. The Morgan fingerprint density at radius 1 is 1.28 bits per heavy atom. The number of hydrogen-bond acceptors (Lipinski definition) is 4. The molecule has 2 heterocycles. The molecule has 1 aliphatic carbocycles. The highest BCUT2D eigenvalue weighted by molar-refractivity contribution is 5.99. The predicted molar refractivity (Wildman–Crippen MR) is 72.1 cm³/mol. The third kappa shape index (κ3) is 2.18. The summed E-state index contributed by atoms with van der Waals surface area (Å²) in [5.41, 5.74) is 6.36. The Labute approximate surface area is 107 Å². The molecule has 5 heteroatoms. The van der Waals surface area contributed by atoms with E-state index in [0.717, 1.165) is 43.6 Å². The van der Waals surface area contributed by atoms with Gasteiger partial charge >= 0.3 is 0 Å². The molecular weight excluding hydrogens is 226 g/mol. The van der Waals surface area contributed by atoms with Gasteiger partial charge in [-0.2, -0.15) is 0 Å². The summed E-state index contributed by atoms with van der Waals surface area (Å²) in [4.78, 5) is 9.20. The van der Waals surface area contributed by atoms with Crippen molar-refractivity contribution in [1.29, 1.82) is 5.41 Å². The second-order valence-corrected chi connectivity index (χ2v) is 5.04. The zero-order chi connectivity index (χ0) is 12.5. The van der Waals surface area contributed by atoms with E-state index in [1.54, 1.807) is 6.20 Å². The van der Waals surface area contributed by atoms with E-state index in [2.05, 4.69) is 14.8 Å². The van der Waals surface area contributed by atoms with Crippen molar-refractivity contribution in [1.82, 2.24) is 9.88 Å². The van der Waals surface area contributed by atoms with Gasteiger partial charge in [0.2, 0.25) is 0 Å². The highest BCUT2D eigenvalue weighted by Gasteiger charge is 2.31. The smallest absolute Gasteiger partial charge is 0.139 e. The van der Waals surface area contributed by atoms with Crippen molar-refractivity contribution >= 4 is 11.7 Å². The molecular formula is C13H19N5. The van der Waals surface area contributed by atoms with Crippen LogP contribution in [-0.4, -0.2) is 47.9 Å². The SMILES string of the molecule is N=C(N)c1cccnc1N1CCN(C2CC2)CC1. The van der Waals surface area contributed by atoms with Gasteiger partial charge in [0, 0.05) is 38.4 Å². The summed E-state index contributed by atoms with van der Waals surface area (Å²) in [5, 5.41) is 7.61. The minimum atomic E-state index is 0.0997. The van der Waals surface area contributed by atoms with Crippen LogP contribution in [0, 0.1) is 5.41 Å². The Hall–Kier alpha value is -1.62. The van der Waals surface area contributed by atoms with Gasteiger partial charge in [-0.15, -0.1) is 0 Å². The van der Waals surface area contributed by atoms with Crippen LogP contribution in [0.2, 0.25) is 0 Å². The van der Waals surface area contributed by atoms with Crippen molar-refractivity contribution < 1.29 is 0 Å². The van der Waals surface area contributed by atoms with Crippen molar-refractivity contribution in [2.75, 3.05) is 31.1 Å². The number of aromatic nitrogens is 1. The molecule has 3 N–H and O–H groups in total. The number of nitrogen functional groups attached to an aromatic ring is 1. The van der Waals surface area contributed by atoms with E-state index in [0.29, 0.717) is 0 Å². The van der Waals surface area contributed by atoms with Gasteiger partial charge in [0.25, 0.3) is 0 Å². The first-order valence-corrected chi connectivity index (χ1v) is 6.54. The predicted octanol–water partition coefficient (Wildman–Crippen LogP) is 0.650. The van der Waals surface area contributed by atoms with Crippen molar-refractivity contribution in [3.63, 3.8) is 0 Å². The molecule has 1 aliphatic heterocycles. The molecule has 0 unspecified atom stereocenters. The van der Waals surface area contributed by atoms with E-state index in [1.165, 1.54) is 12.8 Å². The maximum Gasteiger partial charge on any atom is 0.139 e. The van der Waals surface area contributed by atoms with Crippen LogP contribution >= 0.6 is 0 Å². The molecule has 1 saturated carbocycles. The average Bonchev–Trinajstić information content (AvgIpc) is 3.23. The lowest BCUT2D eigenvalue weighted by molar-refractivity contribution is 0.247. The number of rotatable bonds is 3. The highest BCUT2D eigenvalue weighted by Crippen LogP contribution is 2.28. The van der Waals surface area contributed by atoms with Crippen LogP contribution in [0.25, 0.3) is 0 Å². The summed E-state index contributed by atoms with van der Waals surface area (Å²) >= 11 is 0. The van der Waals surface area contributed by atoms with E-state index >= 15 is 0 Å². The summed E-state index contributed by atoms with van der Waals surface area (Å²) in [7, 11) is 0. The molecule has 18 heavy (non-hydrogen) atoms. The minimum absolute atomic E-state index is 0.0997. The zero-order valence-corrected chi connectivity index (χ0v) is 10.5. The fourth-order valence-electron chi connectivity index (χ4n) is 2.60. The van der Waals surface area contributed by atoms with Crippen LogP contribution in [0.1, 0.15) is 18.4 Å². The molecule has 0 bridgehead atoms. The van der Waals surface area contributed by atoms with E-state index in [9.17, 15) is 0 Å². The maximum atomic E-state index is 7.61. The van der Waals surface area contributed by atoms with Gasteiger partial charge in [0.05, 0.1) is 5.56 Å². The van der Waals surface area contributed by atoms with E-state index in [-0.39, 0.29) is 5.84 Å². The number of hydrogen-bond donors (Lipinski definition) is 2. The Morgan fingerprint density at radius 2 is 2.00 bits per heavy atom. The Kier molecular flexibility index (Phi) is 2.91. The number of amidine groups is 1. The molecule has 96 valence electrons. The first-order valence-electron chi connectivity index (χ1n) is 6.54. The summed E-state index contributed by atoms with van der Waals surface area (Å²) in [6.07, 6.45) is 4.50. The summed E-state index contributed by atoms with van der Waals surface area (Å²) < 4.78 is 0. The van der Waals surface area contributed by atoms with Crippen molar-refractivity contribution in [2.24, 2.45) is 5.73 Å². The van der Waals surface area contributed by atoms with Crippen molar-refractivity contribution in [3.05, 3.63) is 23.9 Å². The van der Waals surface area contributed by atoms with Crippen molar-refractivity contribution in [3.8, 4) is 0 Å². The molecule has 0 amide bonds.